The molecule has 44 heavy (non-hydrogen) atoms. The van der Waals surface area contributed by atoms with Gasteiger partial charge in [-0.3, -0.25) is 0 Å². The summed E-state index contributed by atoms with van der Waals surface area (Å²) < 4.78 is 16.6. The largest absolute Gasteiger partial charge is 0.493 e. The Balaban J connectivity index is 1.10. The summed E-state index contributed by atoms with van der Waals surface area (Å²) in [7, 11) is 1.66. The molecule has 0 N–H and O–H groups in total. The van der Waals surface area contributed by atoms with E-state index in [1.54, 1.807) is 14.2 Å². The van der Waals surface area contributed by atoms with Crippen LogP contribution in [0.25, 0.3) is 0 Å². The van der Waals surface area contributed by atoms with Crippen LogP contribution in [0.5, 0.6) is 11.5 Å². The zero-order valence-corrected chi connectivity index (χ0v) is 27.9. The maximum atomic E-state index is 5.89. The third-order valence-corrected chi connectivity index (χ3v) is 13.1. The Labute approximate surface area is 267 Å². The van der Waals surface area contributed by atoms with Gasteiger partial charge >= 0.3 is 0 Å². The van der Waals surface area contributed by atoms with Crippen molar-refractivity contribution in [2.75, 3.05) is 33.6 Å². The highest BCUT2D eigenvalue weighted by Gasteiger charge is 2.44. The minimum Gasteiger partial charge on any atom is -0.493 e. The molecule has 0 spiro atoms. The van der Waals surface area contributed by atoms with Crippen molar-refractivity contribution in [3.63, 3.8) is 0 Å². The summed E-state index contributed by atoms with van der Waals surface area (Å²) in [6, 6.07) is 40.0. The molecule has 0 amide bonds. The number of rotatable bonds is 21. The Bertz CT molecular complexity index is 1210. The van der Waals surface area contributed by atoms with Crippen molar-refractivity contribution in [1.82, 2.24) is 0 Å². The lowest BCUT2D eigenvalue weighted by atomic mass is 10.1. The Morgan fingerprint density at radius 1 is 0.455 bits per heavy atom. The minimum atomic E-state index is -1.68. The highest BCUT2D eigenvalue weighted by atomic mass is 31.2. The first-order valence-corrected chi connectivity index (χ1v) is 18.6. The van der Waals surface area contributed by atoms with Crippen LogP contribution in [0.15, 0.2) is 109 Å². The molecule has 234 valence electrons. The van der Waals surface area contributed by atoms with Gasteiger partial charge in [0.25, 0.3) is 0 Å². The van der Waals surface area contributed by atoms with Crippen LogP contribution in [0.1, 0.15) is 69.8 Å². The monoisotopic (exact) mass is 611 g/mol. The number of hydrogen-bond acceptors (Lipinski definition) is 3. The quantitative estimate of drug-likeness (QED) is 0.0695. The predicted molar refractivity (Wildman–Crippen MR) is 190 cm³/mol. The maximum absolute atomic E-state index is 5.89. The number of unbranched alkanes of at least 4 members (excludes halogenated alkanes) is 9. The lowest BCUT2D eigenvalue weighted by molar-refractivity contribution is 0.132. The predicted octanol–water partition coefficient (Wildman–Crippen LogP) is 9.16. The van der Waals surface area contributed by atoms with Gasteiger partial charge in [-0.25, -0.2) is 0 Å². The summed E-state index contributed by atoms with van der Waals surface area (Å²) in [5, 5.41) is 4.50. The third-order valence-electron chi connectivity index (χ3n) is 8.61. The molecule has 0 aliphatic heterocycles. The first kappa shape index (κ1) is 33.8. The van der Waals surface area contributed by atoms with Crippen molar-refractivity contribution in [1.29, 1.82) is 0 Å². The van der Waals surface area contributed by atoms with Crippen molar-refractivity contribution in [3.05, 3.63) is 115 Å². The molecular weight excluding hydrogens is 559 g/mol. The smallest absolute Gasteiger partial charge is 0.160 e. The first-order chi connectivity index (χ1) is 21.8. The van der Waals surface area contributed by atoms with Crippen LogP contribution in [-0.2, 0) is 11.2 Å². The number of benzene rings is 4. The summed E-state index contributed by atoms with van der Waals surface area (Å²) in [6.45, 7) is 1.60. The second kappa shape index (κ2) is 19.3. The first-order valence-electron chi connectivity index (χ1n) is 16.6. The fourth-order valence-corrected chi connectivity index (χ4v) is 10.6. The van der Waals surface area contributed by atoms with E-state index in [2.05, 4.69) is 97.1 Å². The zero-order chi connectivity index (χ0) is 30.7. The molecule has 0 bridgehead atoms. The molecule has 4 rings (SSSR count). The summed E-state index contributed by atoms with van der Waals surface area (Å²) >= 11 is 0. The third kappa shape index (κ3) is 9.94. The number of ether oxygens (including phenoxy) is 3. The molecule has 0 heterocycles. The van der Waals surface area contributed by atoms with Crippen molar-refractivity contribution >= 4 is 23.2 Å². The highest BCUT2D eigenvalue weighted by Crippen LogP contribution is 2.56. The SMILES string of the molecule is COc1ccc(CCOCCCCCCCCCCCC[P+](c2ccccc2)(c2ccccc2)c2ccccc2)cc1OC. The Morgan fingerprint density at radius 3 is 1.39 bits per heavy atom. The lowest BCUT2D eigenvalue weighted by Crippen LogP contribution is -2.33. The molecule has 4 aromatic carbocycles. The van der Waals surface area contributed by atoms with Gasteiger partial charge < -0.3 is 14.2 Å². The van der Waals surface area contributed by atoms with Gasteiger partial charge in [-0.1, -0.05) is 106 Å². The van der Waals surface area contributed by atoms with E-state index in [9.17, 15) is 0 Å². The number of hydrogen-bond donors (Lipinski definition) is 0. The Kier molecular flexibility index (Phi) is 14.8. The standard InChI is InChI=1S/C40H52O3P/c1-41-39-29-28-35(34-40(39)42-2)30-32-43-31-20-9-7-5-3-4-6-8-10-21-33-44(36-22-14-11-15-23-36,37-24-16-12-17-25-37)38-26-18-13-19-27-38/h11-19,22-29,34H,3-10,20-21,30-33H2,1-2H3/q+1. The van der Waals surface area contributed by atoms with Crippen LogP contribution in [0, 0.1) is 0 Å². The summed E-state index contributed by atoms with van der Waals surface area (Å²) in [6.07, 6.45) is 15.2. The number of methoxy groups -OCH3 is 2. The fraction of sp³-hybridized carbons (Fsp3) is 0.400. The lowest BCUT2D eigenvalue weighted by Gasteiger charge is -2.27. The Hall–Kier alpha value is -3.13. The molecule has 0 aliphatic carbocycles. The van der Waals surface area contributed by atoms with Gasteiger partial charge in [0.15, 0.2) is 11.5 Å². The summed E-state index contributed by atoms with van der Waals surface area (Å²) in [5.74, 6) is 1.55. The molecule has 0 saturated carbocycles. The van der Waals surface area contributed by atoms with Crippen molar-refractivity contribution in [2.45, 2.75) is 70.6 Å². The van der Waals surface area contributed by atoms with E-state index in [4.69, 9.17) is 14.2 Å². The molecule has 0 aromatic heterocycles. The topological polar surface area (TPSA) is 27.7 Å². The Morgan fingerprint density at radius 2 is 0.909 bits per heavy atom. The summed E-state index contributed by atoms with van der Waals surface area (Å²) in [5.41, 5.74) is 1.22. The second-order valence-electron chi connectivity index (χ2n) is 11.6. The van der Waals surface area contributed by atoms with Gasteiger partial charge in [0.05, 0.1) is 27.0 Å². The minimum absolute atomic E-state index is 0.751. The van der Waals surface area contributed by atoms with E-state index in [0.717, 1.165) is 37.6 Å². The van der Waals surface area contributed by atoms with Crippen molar-refractivity contribution in [2.24, 2.45) is 0 Å². The molecule has 4 heteroatoms. The molecule has 4 aromatic rings. The average Bonchev–Trinajstić information content (AvgIpc) is 3.09. The van der Waals surface area contributed by atoms with E-state index in [1.165, 1.54) is 85.4 Å². The molecule has 0 radical (unpaired) electrons. The highest BCUT2D eigenvalue weighted by molar-refractivity contribution is 7.95. The average molecular weight is 612 g/mol. The van der Waals surface area contributed by atoms with Crippen LogP contribution < -0.4 is 25.4 Å². The van der Waals surface area contributed by atoms with Crippen LogP contribution in [0.4, 0.5) is 0 Å². The molecule has 0 atom stereocenters. The zero-order valence-electron chi connectivity index (χ0n) is 27.0. The van der Waals surface area contributed by atoms with Gasteiger partial charge in [-0.15, -0.1) is 0 Å². The maximum Gasteiger partial charge on any atom is 0.160 e. The van der Waals surface area contributed by atoms with Crippen molar-refractivity contribution in [3.8, 4) is 11.5 Å². The molecule has 0 aliphatic rings. The van der Waals surface area contributed by atoms with E-state index in [1.807, 2.05) is 12.1 Å². The fourth-order valence-electron chi connectivity index (χ4n) is 6.18. The molecule has 3 nitrogen and oxygen atoms in total. The van der Waals surface area contributed by atoms with Gasteiger partial charge in [-0.2, -0.15) is 0 Å². The van der Waals surface area contributed by atoms with Gasteiger partial charge in [0.1, 0.15) is 23.2 Å². The van der Waals surface area contributed by atoms with E-state index in [0.29, 0.717) is 0 Å². The second-order valence-corrected chi connectivity index (χ2v) is 15.2. The molecule has 0 fully saturated rings. The van der Waals surface area contributed by atoms with E-state index >= 15 is 0 Å². The van der Waals surface area contributed by atoms with Crippen LogP contribution >= 0.6 is 7.26 Å². The van der Waals surface area contributed by atoms with E-state index in [-0.39, 0.29) is 0 Å². The molecular formula is C40H52O3P+. The molecule has 0 saturated heterocycles. The molecule has 0 unspecified atom stereocenters. The van der Waals surface area contributed by atoms with Crippen LogP contribution in [0.2, 0.25) is 0 Å². The normalized spacial score (nSPS) is 11.4. The van der Waals surface area contributed by atoms with Gasteiger partial charge in [0.2, 0.25) is 0 Å². The van der Waals surface area contributed by atoms with E-state index < -0.39 is 7.26 Å². The van der Waals surface area contributed by atoms with Crippen LogP contribution in [-0.4, -0.2) is 33.6 Å². The van der Waals surface area contributed by atoms with Gasteiger partial charge in [0, 0.05) is 6.61 Å². The van der Waals surface area contributed by atoms with Crippen molar-refractivity contribution < 1.29 is 14.2 Å². The van der Waals surface area contributed by atoms with Gasteiger partial charge in [-0.05, 0) is 79.8 Å². The summed E-state index contributed by atoms with van der Waals surface area (Å²) in [4.78, 5) is 0. The van der Waals surface area contributed by atoms with Crippen LogP contribution in [0.3, 0.4) is 0 Å².